The minimum atomic E-state index is 0.245. The van der Waals surface area contributed by atoms with E-state index < -0.39 is 0 Å². The van der Waals surface area contributed by atoms with Crippen LogP contribution in [0.15, 0.2) is 5.16 Å². The fourth-order valence-electron chi connectivity index (χ4n) is 2.68. The van der Waals surface area contributed by atoms with Crippen LogP contribution in [0.4, 0.5) is 0 Å². The van der Waals surface area contributed by atoms with Crippen LogP contribution >= 0.6 is 11.8 Å². The van der Waals surface area contributed by atoms with Crippen molar-refractivity contribution in [3.8, 4) is 0 Å². The second-order valence-electron chi connectivity index (χ2n) is 6.63. The van der Waals surface area contributed by atoms with E-state index in [0.29, 0.717) is 12.1 Å². The van der Waals surface area contributed by atoms with Gasteiger partial charge < -0.3 is 5.32 Å². The van der Waals surface area contributed by atoms with E-state index in [4.69, 9.17) is 0 Å². The first kappa shape index (κ1) is 15.8. The summed E-state index contributed by atoms with van der Waals surface area (Å²) in [6, 6.07) is 0.978. The molecular weight excluding hydrogens is 270 g/mol. The number of hydrogen-bond acceptors (Lipinski definition) is 5. The molecule has 1 fully saturated rings. The van der Waals surface area contributed by atoms with Gasteiger partial charge in [0.1, 0.15) is 0 Å². The molecule has 1 unspecified atom stereocenters. The predicted octanol–water partition coefficient (Wildman–Crippen LogP) is 2.90. The molecule has 0 bridgehead atoms. The molecule has 20 heavy (non-hydrogen) atoms. The maximum atomic E-state index is 4.21. The van der Waals surface area contributed by atoms with E-state index in [-0.39, 0.29) is 5.41 Å². The Bertz CT molecular complexity index is 406. The summed E-state index contributed by atoms with van der Waals surface area (Å²) in [6.07, 6.45) is 5.04. The number of nitrogens with zero attached hydrogens (tertiary/aromatic N) is 4. The monoisotopic (exact) mass is 297 g/mol. The Kier molecular flexibility index (Phi) is 5.43. The fourth-order valence-corrected chi connectivity index (χ4v) is 4.02. The van der Waals surface area contributed by atoms with Crippen molar-refractivity contribution < 1.29 is 0 Å². The average molecular weight is 297 g/mol. The highest BCUT2D eigenvalue weighted by molar-refractivity contribution is 7.99. The van der Waals surface area contributed by atoms with Crippen molar-refractivity contribution in [3.05, 3.63) is 0 Å². The van der Waals surface area contributed by atoms with E-state index >= 15 is 0 Å². The largest absolute Gasteiger partial charge is 0.313 e. The maximum Gasteiger partial charge on any atom is 0.209 e. The van der Waals surface area contributed by atoms with Gasteiger partial charge in [0.15, 0.2) is 0 Å². The zero-order chi connectivity index (χ0) is 14.6. The van der Waals surface area contributed by atoms with Crippen LogP contribution in [-0.2, 0) is 0 Å². The zero-order valence-electron chi connectivity index (χ0n) is 13.1. The SMILES string of the molecule is CCNC(CSc1nnnn1C1CCCC1)C(C)(C)C. The van der Waals surface area contributed by atoms with Crippen molar-refractivity contribution >= 4 is 11.8 Å². The standard InChI is InChI=1S/C14H27N5S/c1-5-15-12(14(2,3)4)10-20-13-16-17-18-19(13)11-8-6-7-9-11/h11-12,15H,5-10H2,1-4H3. The number of nitrogens with one attached hydrogen (secondary N) is 1. The topological polar surface area (TPSA) is 55.6 Å². The Morgan fingerprint density at radius 3 is 2.65 bits per heavy atom. The van der Waals surface area contributed by atoms with Gasteiger partial charge in [0.2, 0.25) is 5.16 Å². The number of thioether (sulfide) groups is 1. The van der Waals surface area contributed by atoms with Crippen molar-refractivity contribution in [1.82, 2.24) is 25.5 Å². The van der Waals surface area contributed by atoms with Gasteiger partial charge in [-0.2, -0.15) is 0 Å². The third kappa shape index (κ3) is 3.95. The first-order chi connectivity index (χ1) is 9.52. The molecule has 0 spiro atoms. The summed E-state index contributed by atoms with van der Waals surface area (Å²) in [5.74, 6) is 1.00. The summed E-state index contributed by atoms with van der Waals surface area (Å²) in [5, 5.41) is 16.8. The van der Waals surface area contributed by atoms with Gasteiger partial charge in [-0.05, 0) is 35.2 Å². The van der Waals surface area contributed by atoms with Gasteiger partial charge in [0.25, 0.3) is 0 Å². The highest BCUT2D eigenvalue weighted by atomic mass is 32.2. The van der Waals surface area contributed by atoms with Crippen LogP contribution in [0.3, 0.4) is 0 Å². The lowest BCUT2D eigenvalue weighted by molar-refractivity contribution is 0.295. The number of aromatic nitrogens is 4. The minimum absolute atomic E-state index is 0.245. The third-order valence-electron chi connectivity index (χ3n) is 4.01. The van der Waals surface area contributed by atoms with Gasteiger partial charge in [0.05, 0.1) is 6.04 Å². The van der Waals surface area contributed by atoms with E-state index in [9.17, 15) is 0 Å². The van der Waals surface area contributed by atoms with Crippen molar-refractivity contribution in [2.24, 2.45) is 5.41 Å². The Hall–Kier alpha value is -0.620. The molecule has 2 rings (SSSR count). The summed E-state index contributed by atoms with van der Waals surface area (Å²) in [4.78, 5) is 0. The van der Waals surface area contributed by atoms with Crippen LogP contribution in [0.25, 0.3) is 0 Å². The quantitative estimate of drug-likeness (QED) is 0.818. The number of rotatable bonds is 6. The smallest absolute Gasteiger partial charge is 0.209 e. The maximum absolute atomic E-state index is 4.21. The molecule has 1 atom stereocenters. The van der Waals surface area contributed by atoms with Gasteiger partial charge >= 0.3 is 0 Å². The Morgan fingerprint density at radius 2 is 2.05 bits per heavy atom. The van der Waals surface area contributed by atoms with E-state index in [2.05, 4.69) is 48.5 Å². The second kappa shape index (κ2) is 6.89. The Balaban J connectivity index is 1.97. The molecule has 1 heterocycles. The highest BCUT2D eigenvalue weighted by Crippen LogP contribution is 2.32. The lowest BCUT2D eigenvalue weighted by atomic mass is 9.88. The molecule has 1 aliphatic rings. The van der Waals surface area contributed by atoms with Gasteiger partial charge in [0, 0.05) is 11.8 Å². The molecule has 0 radical (unpaired) electrons. The summed E-state index contributed by atoms with van der Waals surface area (Å²) in [6.45, 7) is 9.99. The lowest BCUT2D eigenvalue weighted by Gasteiger charge is -2.31. The van der Waals surface area contributed by atoms with Crippen LogP contribution in [0.1, 0.15) is 59.4 Å². The van der Waals surface area contributed by atoms with Crippen LogP contribution in [0, 0.1) is 5.41 Å². The first-order valence-corrected chi connectivity index (χ1v) is 8.65. The van der Waals surface area contributed by atoms with Gasteiger partial charge in [-0.15, -0.1) is 5.10 Å². The van der Waals surface area contributed by atoms with E-state index in [1.165, 1.54) is 25.7 Å². The summed E-state index contributed by atoms with van der Waals surface area (Å²) in [7, 11) is 0. The molecule has 1 aromatic heterocycles. The summed E-state index contributed by atoms with van der Waals surface area (Å²) in [5.41, 5.74) is 0.245. The molecule has 1 aliphatic carbocycles. The molecule has 1 saturated carbocycles. The van der Waals surface area contributed by atoms with Crippen LogP contribution < -0.4 is 5.32 Å². The van der Waals surface area contributed by atoms with Crippen molar-refractivity contribution in [2.75, 3.05) is 12.3 Å². The summed E-state index contributed by atoms with van der Waals surface area (Å²) < 4.78 is 2.04. The third-order valence-corrected chi connectivity index (χ3v) is 5.04. The van der Waals surface area contributed by atoms with Crippen molar-refractivity contribution in [1.29, 1.82) is 0 Å². The van der Waals surface area contributed by atoms with E-state index in [0.717, 1.165) is 17.5 Å². The summed E-state index contributed by atoms with van der Waals surface area (Å²) >= 11 is 1.78. The average Bonchev–Trinajstić information content (AvgIpc) is 3.02. The van der Waals surface area contributed by atoms with Gasteiger partial charge in [-0.25, -0.2) is 4.68 Å². The molecule has 5 nitrogen and oxygen atoms in total. The van der Waals surface area contributed by atoms with Crippen LogP contribution in [0.5, 0.6) is 0 Å². The molecule has 0 aromatic carbocycles. The fraction of sp³-hybridized carbons (Fsp3) is 0.929. The van der Waals surface area contributed by atoms with Gasteiger partial charge in [-0.1, -0.05) is 52.3 Å². The molecule has 114 valence electrons. The molecule has 1 N–H and O–H groups in total. The zero-order valence-corrected chi connectivity index (χ0v) is 13.9. The first-order valence-electron chi connectivity index (χ1n) is 7.66. The molecule has 0 amide bonds. The van der Waals surface area contributed by atoms with Crippen LogP contribution in [0.2, 0.25) is 0 Å². The second-order valence-corrected chi connectivity index (χ2v) is 7.62. The number of tetrazole rings is 1. The predicted molar refractivity (Wildman–Crippen MR) is 83.0 cm³/mol. The van der Waals surface area contributed by atoms with Crippen LogP contribution in [-0.4, -0.2) is 38.5 Å². The van der Waals surface area contributed by atoms with Crippen molar-refractivity contribution in [2.45, 2.75) is 70.6 Å². The molecule has 1 aromatic rings. The molecular formula is C14H27N5S. The highest BCUT2D eigenvalue weighted by Gasteiger charge is 2.26. The van der Waals surface area contributed by atoms with Crippen molar-refractivity contribution in [3.63, 3.8) is 0 Å². The molecule has 0 saturated heterocycles. The molecule has 0 aliphatic heterocycles. The van der Waals surface area contributed by atoms with E-state index in [1.54, 1.807) is 11.8 Å². The Morgan fingerprint density at radius 1 is 1.35 bits per heavy atom. The molecule has 6 heteroatoms. The van der Waals surface area contributed by atoms with Gasteiger partial charge in [-0.3, -0.25) is 0 Å². The number of hydrogen-bond donors (Lipinski definition) is 1. The minimum Gasteiger partial charge on any atom is -0.313 e. The lowest BCUT2D eigenvalue weighted by Crippen LogP contribution is -2.42. The normalized spacial score (nSPS) is 18.6. The van der Waals surface area contributed by atoms with E-state index in [1.807, 2.05) is 4.68 Å². The Labute approximate surface area is 126 Å².